The Bertz CT molecular complexity index is 260. The molecule has 0 aromatic heterocycles. The summed E-state index contributed by atoms with van der Waals surface area (Å²) in [5, 5.41) is 0. The molecule has 0 aromatic carbocycles. The minimum Gasteiger partial charge on any atom is -0.497 e. The molecular weight excluding hydrogens is 254 g/mol. The Hall–Kier alpha value is -0.310. The van der Waals surface area contributed by atoms with Crippen LogP contribution in [0.25, 0.3) is 0 Å². The third-order valence-electron chi connectivity index (χ3n) is 2.81. The molecule has 0 spiro atoms. The highest BCUT2D eigenvalue weighted by Crippen LogP contribution is 2.19. The van der Waals surface area contributed by atoms with Gasteiger partial charge in [0.05, 0.1) is 11.1 Å². The molecule has 86 valence electrons. The Morgan fingerprint density at radius 3 is 3.00 bits per heavy atom. The van der Waals surface area contributed by atoms with E-state index in [9.17, 15) is 0 Å². The lowest BCUT2D eigenvalue weighted by Crippen LogP contribution is -2.12. The van der Waals surface area contributed by atoms with Gasteiger partial charge in [-0.25, -0.2) is 0 Å². The Labute approximate surface area is 101 Å². The van der Waals surface area contributed by atoms with Crippen LogP contribution in [-0.2, 0) is 4.74 Å². The molecule has 2 atom stereocenters. The van der Waals surface area contributed by atoms with Crippen LogP contribution in [0.2, 0.25) is 0 Å². The zero-order chi connectivity index (χ0) is 11.3. The second kappa shape index (κ2) is 6.31. The van der Waals surface area contributed by atoms with E-state index >= 15 is 0 Å². The zero-order valence-corrected chi connectivity index (χ0v) is 11.4. The molecule has 0 saturated heterocycles. The Kier molecular flexibility index (Phi) is 5.37. The van der Waals surface area contributed by atoms with Crippen molar-refractivity contribution in [2.75, 3.05) is 6.61 Å². The fourth-order valence-corrected chi connectivity index (χ4v) is 1.89. The molecule has 0 amide bonds. The predicted molar refractivity (Wildman–Crippen MR) is 68.5 cm³/mol. The monoisotopic (exact) mass is 273 g/mol. The molecule has 1 rings (SSSR count). The van der Waals surface area contributed by atoms with Gasteiger partial charge in [-0.2, -0.15) is 0 Å². The molecule has 0 fully saturated rings. The van der Waals surface area contributed by atoms with Crippen LogP contribution in [0.5, 0.6) is 0 Å². The van der Waals surface area contributed by atoms with Gasteiger partial charge in [0.2, 0.25) is 0 Å². The Morgan fingerprint density at radius 2 is 2.33 bits per heavy atom. The van der Waals surface area contributed by atoms with E-state index < -0.39 is 0 Å². The number of allylic oxidation sites excluding steroid dienone is 2. The van der Waals surface area contributed by atoms with Crippen LogP contribution in [0.4, 0.5) is 0 Å². The van der Waals surface area contributed by atoms with Gasteiger partial charge in [0.1, 0.15) is 5.76 Å². The molecular formula is C12H20BrNO. The molecule has 15 heavy (non-hydrogen) atoms. The van der Waals surface area contributed by atoms with Gasteiger partial charge in [-0.05, 0) is 48.0 Å². The van der Waals surface area contributed by atoms with E-state index in [1.807, 2.05) is 13.1 Å². The van der Waals surface area contributed by atoms with Gasteiger partial charge in [-0.3, -0.25) is 4.99 Å². The van der Waals surface area contributed by atoms with Crippen molar-refractivity contribution in [3.05, 3.63) is 10.2 Å². The van der Waals surface area contributed by atoms with Crippen molar-refractivity contribution < 1.29 is 4.74 Å². The maximum Gasteiger partial charge on any atom is 0.109 e. The molecule has 2 nitrogen and oxygen atoms in total. The van der Waals surface area contributed by atoms with Gasteiger partial charge in [-0.1, -0.05) is 13.8 Å². The lowest BCUT2D eigenvalue weighted by molar-refractivity contribution is 0.189. The van der Waals surface area contributed by atoms with Crippen molar-refractivity contribution in [2.45, 2.75) is 46.1 Å². The van der Waals surface area contributed by atoms with Crippen LogP contribution >= 0.6 is 15.9 Å². The topological polar surface area (TPSA) is 21.6 Å². The normalized spacial score (nSPS) is 35.7. The summed E-state index contributed by atoms with van der Waals surface area (Å²) < 4.78 is 6.58. The average Bonchev–Trinajstić information content (AvgIpc) is 2.22. The largest absolute Gasteiger partial charge is 0.497 e. The number of rotatable bonds is 1. The molecule has 0 N–H and O–H groups in total. The number of halogens is 1. The molecule has 0 radical (unpaired) electrons. The maximum atomic E-state index is 5.61. The summed E-state index contributed by atoms with van der Waals surface area (Å²) in [6, 6.07) is 0.457. The zero-order valence-electron chi connectivity index (χ0n) is 9.79. The van der Waals surface area contributed by atoms with Gasteiger partial charge < -0.3 is 4.74 Å². The summed E-state index contributed by atoms with van der Waals surface area (Å²) in [4.78, 5) is 4.58. The second-order valence-electron chi connectivity index (χ2n) is 4.22. The number of hydrogen-bond donors (Lipinski definition) is 0. The quantitative estimate of drug-likeness (QED) is 0.710. The van der Waals surface area contributed by atoms with Crippen molar-refractivity contribution in [3.63, 3.8) is 0 Å². The molecule has 0 bridgehead atoms. The van der Waals surface area contributed by atoms with Crippen molar-refractivity contribution >= 4 is 22.1 Å². The third kappa shape index (κ3) is 4.37. The van der Waals surface area contributed by atoms with Crippen molar-refractivity contribution in [2.24, 2.45) is 10.9 Å². The van der Waals surface area contributed by atoms with Crippen LogP contribution in [-0.4, -0.2) is 18.9 Å². The maximum absolute atomic E-state index is 5.61. The number of hydrogen-bond acceptors (Lipinski definition) is 2. The van der Waals surface area contributed by atoms with Crippen LogP contribution in [0.15, 0.2) is 15.2 Å². The Morgan fingerprint density at radius 1 is 1.60 bits per heavy atom. The summed E-state index contributed by atoms with van der Waals surface area (Å²) in [5.41, 5.74) is 0. The van der Waals surface area contributed by atoms with Gasteiger partial charge >= 0.3 is 0 Å². The lowest BCUT2D eigenvalue weighted by atomic mass is 9.97. The minimum absolute atomic E-state index is 0.457. The molecule has 0 aliphatic carbocycles. The Balaban J connectivity index is 2.75. The van der Waals surface area contributed by atoms with Gasteiger partial charge in [0.25, 0.3) is 0 Å². The molecule has 2 unspecified atom stereocenters. The van der Waals surface area contributed by atoms with E-state index in [0.717, 1.165) is 36.1 Å². The number of aliphatic imine (C=N–C) groups is 1. The fraction of sp³-hybridized carbons (Fsp3) is 0.750. The number of nitrogens with zero attached hydrogens (tertiary/aromatic N) is 1. The van der Waals surface area contributed by atoms with Gasteiger partial charge in [0, 0.05) is 12.3 Å². The van der Waals surface area contributed by atoms with E-state index in [2.05, 4.69) is 34.8 Å². The molecule has 3 heteroatoms. The van der Waals surface area contributed by atoms with Crippen LogP contribution < -0.4 is 0 Å². The molecule has 0 saturated carbocycles. The smallest absolute Gasteiger partial charge is 0.109 e. The van der Waals surface area contributed by atoms with Gasteiger partial charge in [0.15, 0.2) is 0 Å². The summed E-state index contributed by atoms with van der Waals surface area (Å²) in [5.74, 6) is 1.62. The first-order valence-electron chi connectivity index (χ1n) is 5.65. The van der Waals surface area contributed by atoms with E-state index in [1.54, 1.807) is 0 Å². The van der Waals surface area contributed by atoms with Crippen LogP contribution in [0.3, 0.4) is 0 Å². The first-order chi connectivity index (χ1) is 7.13. The number of ether oxygens (including phenoxy) is 1. The van der Waals surface area contributed by atoms with E-state index in [4.69, 9.17) is 4.74 Å². The standard InChI is InChI=1S/C12H20BrNO/c1-4-11-7-9(2)5-6-15-10(3)12(13)8-14-11/h8-9,11H,4-7H2,1-3H3/b12-10-,14-8-. The first kappa shape index (κ1) is 12.8. The van der Waals surface area contributed by atoms with Crippen molar-refractivity contribution in [1.29, 1.82) is 0 Å². The summed E-state index contributed by atoms with van der Waals surface area (Å²) in [6.07, 6.45) is 5.28. The highest BCUT2D eigenvalue weighted by Gasteiger charge is 2.12. The lowest BCUT2D eigenvalue weighted by Gasteiger charge is -2.18. The van der Waals surface area contributed by atoms with Crippen LogP contribution in [0, 0.1) is 5.92 Å². The molecule has 1 aliphatic heterocycles. The van der Waals surface area contributed by atoms with Crippen molar-refractivity contribution in [1.82, 2.24) is 0 Å². The summed E-state index contributed by atoms with van der Waals surface area (Å²) in [7, 11) is 0. The van der Waals surface area contributed by atoms with E-state index in [-0.39, 0.29) is 0 Å². The minimum atomic E-state index is 0.457. The summed E-state index contributed by atoms with van der Waals surface area (Å²) in [6.45, 7) is 7.26. The highest BCUT2D eigenvalue weighted by atomic mass is 79.9. The van der Waals surface area contributed by atoms with Gasteiger partial charge in [-0.15, -0.1) is 0 Å². The molecule has 1 aliphatic rings. The van der Waals surface area contributed by atoms with E-state index in [1.165, 1.54) is 0 Å². The highest BCUT2D eigenvalue weighted by molar-refractivity contribution is 9.12. The van der Waals surface area contributed by atoms with E-state index in [0.29, 0.717) is 12.0 Å². The predicted octanol–water partition coefficient (Wildman–Crippen LogP) is 3.91. The third-order valence-corrected chi connectivity index (χ3v) is 3.57. The average molecular weight is 274 g/mol. The molecule has 1 heterocycles. The fourth-order valence-electron chi connectivity index (χ4n) is 1.66. The summed E-state index contributed by atoms with van der Waals surface area (Å²) >= 11 is 3.48. The second-order valence-corrected chi connectivity index (χ2v) is 5.08. The SMILES string of the molecule is CCC1CC(C)CCO/C(C)=C(Br)/C=N\1. The molecule has 0 aromatic rings. The first-order valence-corrected chi connectivity index (χ1v) is 6.45. The van der Waals surface area contributed by atoms with Crippen molar-refractivity contribution in [3.8, 4) is 0 Å². The van der Waals surface area contributed by atoms with Crippen LogP contribution in [0.1, 0.15) is 40.0 Å².